The highest BCUT2D eigenvalue weighted by molar-refractivity contribution is 5.62. The molecular formula is C16H19N3. The number of nitrogen functional groups attached to an aromatic ring is 1. The number of anilines is 1. The predicted octanol–water partition coefficient (Wildman–Crippen LogP) is 3.73. The summed E-state index contributed by atoms with van der Waals surface area (Å²) in [5.74, 6) is 2.55. The molecule has 3 rings (SSSR count). The molecular weight excluding hydrogens is 234 g/mol. The molecule has 3 nitrogen and oxygen atoms in total. The van der Waals surface area contributed by atoms with E-state index in [2.05, 4.69) is 48.1 Å². The minimum atomic E-state index is 0.525. The van der Waals surface area contributed by atoms with E-state index >= 15 is 0 Å². The molecule has 1 aliphatic carbocycles. The van der Waals surface area contributed by atoms with Gasteiger partial charge < -0.3 is 5.73 Å². The molecule has 2 aromatic rings. The number of hydrogen-bond donors (Lipinski definition) is 1. The van der Waals surface area contributed by atoms with Gasteiger partial charge in [0.25, 0.3) is 0 Å². The second-order valence-electron chi connectivity index (χ2n) is 5.59. The summed E-state index contributed by atoms with van der Waals surface area (Å²) in [6.45, 7) is 4.39. The van der Waals surface area contributed by atoms with Gasteiger partial charge in [-0.25, -0.2) is 9.97 Å². The lowest BCUT2D eigenvalue weighted by molar-refractivity contribution is 0.866. The number of hydrogen-bond acceptors (Lipinski definition) is 3. The lowest BCUT2D eigenvalue weighted by Crippen LogP contribution is -2.00. The summed E-state index contributed by atoms with van der Waals surface area (Å²) in [5.41, 5.74) is 9.28. The summed E-state index contributed by atoms with van der Waals surface area (Å²) in [7, 11) is 0. The molecule has 1 saturated carbocycles. The van der Waals surface area contributed by atoms with Crippen molar-refractivity contribution < 1.29 is 0 Å². The van der Waals surface area contributed by atoms with Crippen LogP contribution >= 0.6 is 0 Å². The Morgan fingerprint density at radius 2 is 1.79 bits per heavy atom. The normalized spacial score (nSPS) is 14.9. The van der Waals surface area contributed by atoms with E-state index in [0.717, 1.165) is 17.1 Å². The Balaban J connectivity index is 1.96. The minimum absolute atomic E-state index is 0.525. The van der Waals surface area contributed by atoms with E-state index in [9.17, 15) is 0 Å². The summed E-state index contributed by atoms with van der Waals surface area (Å²) in [6, 6.07) is 10.4. The molecule has 1 fully saturated rings. The first-order valence-corrected chi connectivity index (χ1v) is 6.88. The van der Waals surface area contributed by atoms with Crippen LogP contribution in [0.4, 0.5) is 5.82 Å². The van der Waals surface area contributed by atoms with Crippen LogP contribution < -0.4 is 5.73 Å². The Morgan fingerprint density at radius 1 is 1.11 bits per heavy atom. The van der Waals surface area contributed by atoms with E-state index in [1.54, 1.807) is 0 Å². The first-order valence-electron chi connectivity index (χ1n) is 6.88. The molecule has 0 unspecified atom stereocenters. The molecule has 3 heteroatoms. The smallest absolute Gasteiger partial charge is 0.134 e. The van der Waals surface area contributed by atoms with E-state index in [1.807, 2.05) is 6.07 Å². The fraction of sp³-hybridized carbons (Fsp3) is 0.375. The Morgan fingerprint density at radius 3 is 2.37 bits per heavy atom. The van der Waals surface area contributed by atoms with Gasteiger partial charge in [0, 0.05) is 17.5 Å². The van der Waals surface area contributed by atoms with Crippen LogP contribution in [0.2, 0.25) is 0 Å². The topological polar surface area (TPSA) is 51.8 Å². The number of rotatable bonds is 3. The van der Waals surface area contributed by atoms with E-state index < -0.39 is 0 Å². The van der Waals surface area contributed by atoms with Gasteiger partial charge in [0.1, 0.15) is 11.6 Å². The van der Waals surface area contributed by atoms with Gasteiger partial charge in [0.2, 0.25) is 0 Å². The van der Waals surface area contributed by atoms with Crippen LogP contribution in [0.15, 0.2) is 30.3 Å². The molecule has 1 heterocycles. The van der Waals surface area contributed by atoms with Gasteiger partial charge in [0.15, 0.2) is 0 Å². The highest BCUT2D eigenvalue weighted by Crippen LogP contribution is 2.39. The molecule has 0 saturated heterocycles. The number of nitrogens with zero attached hydrogens (tertiary/aromatic N) is 2. The third-order valence-corrected chi connectivity index (χ3v) is 3.58. The van der Waals surface area contributed by atoms with Gasteiger partial charge in [0.05, 0.1) is 5.69 Å². The predicted molar refractivity (Wildman–Crippen MR) is 77.9 cm³/mol. The van der Waals surface area contributed by atoms with Crippen molar-refractivity contribution >= 4 is 5.82 Å². The lowest BCUT2D eigenvalue weighted by Gasteiger charge is -2.08. The average molecular weight is 253 g/mol. The lowest BCUT2D eigenvalue weighted by atomic mass is 10.0. The largest absolute Gasteiger partial charge is 0.384 e. The maximum Gasteiger partial charge on any atom is 0.134 e. The maximum absolute atomic E-state index is 5.89. The first-order chi connectivity index (χ1) is 9.13. The van der Waals surface area contributed by atoms with Crippen LogP contribution in [-0.2, 0) is 0 Å². The standard InChI is InChI=1S/C16H19N3/c1-10(2)11-3-5-12(6-4-11)14-9-15(17)19-16(18-14)13-7-8-13/h3-6,9-10,13H,7-8H2,1-2H3,(H2,17,18,19). The molecule has 0 amide bonds. The third-order valence-electron chi connectivity index (χ3n) is 3.58. The molecule has 1 aliphatic rings. The van der Waals surface area contributed by atoms with Crippen LogP contribution in [0, 0.1) is 0 Å². The van der Waals surface area contributed by atoms with Crippen LogP contribution in [0.25, 0.3) is 11.3 Å². The van der Waals surface area contributed by atoms with Crippen LogP contribution in [0.1, 0.15) is 49.9 Å². The summed E-state index contributed by atoms with van der Waals surface area (Å²) >= 11 is 0. The summed E-state index contributed by atoms with van der Waals surface area (Å²) < 4.78 is 0. The van der Waals surface area contributed by atoms with Crippen molar-refractivity contribution in [3.63, 3.8) is 0 Å². The zero-order valence-corrected chi connectivity index (χ0v) is 11.4. The highest BCUT2D eigenvalue weighted by Gasteiger charge is 2.27. The fourth-order valence-electron chi connectivity index (χ4n) is 2.20. The molecule has 1 aromatic heterocycles. The monoisotopic (exact) mass is 253 g/mol. The van der Waals surface area contributed by atoms with E-state index in [1.165, 1.54) is 18.4 Å². The van der Waals surface area contributed by atoms with Gasteiger partial charge in [-0.1, -0.05) is 38.1 Å². The van der Waals surface area contributed by atoms with Crippen LogP contribution in [0.5, 0.6) is 0 Å². The van der Waals surface area contributed by atoms with Crippen molar-refractivity contribution in [3.05, 3.63) is 41.7 Å². The van der Waals surface area contributed by atoms with Crippen molar-refractivity contribution in [2.75, 3.05) is 5.73 Å². The van der Waals surface area contributed by atoms with Gasteiger partial charge in [-0.2, -0.15) is 0 Å². The molecule has 2 N–H and O–H groups in total. The van der Waals surface area contributed by atoms with Crippen LogP contribution in [0.3, 0.4) is 0 Å². The summed E-state index contributed by atoms with van der Waals surface area (Å²) in [4.78, 5) is 8.98. The fourth-order valence-corrected chi connectivity index (χ4v) is 2.20. The van der Waals surface area contributed by atoms with Crippen molar-refractivity contribution in [1.82, 2.24) is 9.97 Å². The number of aromatic nitrogens is 2. The molecule has 0 aliphatic heterocycles. The van der Waals surface area contributed by atoms with Crippen molar-refractivity contribution in [2.24, 2.45) is 0 Å². The molecule has 0 spiro atoms. The summed E-state index contributed by atoms with van der Waals surface area (Å²) in [5, 5.41) is 0. The second kappa shape index (κ2) is 4.65. The van der Waals surface area contributed by atoms with E-state index in [4.69, 9.17) is 5.73 Å². The molecule has 0 atom stereocenters. The SMILES string of the molecule is CC(C)c1ccc(-c2cc(N)nc(C3CC3)n2)cc1. The summed E-state index contributed by atoms with van der Waals surface area (Å²) in [6.07, 6.45) is 2.38. The quantitative estimate of drug-likeness (QED) is 0.906. The molecule has 1 aromatic carbocycles. The third kappa shape index (κ3) is 2.60. The Bertz CT molecular complexity index is 583. The maximum atomic E-state index is 5.89. The van der Waals surface area contributed by atoms with Crippen LogP contribution in [-0.4, -0.2) is 9.97 Å². The number of benzene rings is 1. The van der Waals surface area contributed by atoms with Gasteiger partial charge in [-0.15, -0.1) is 0 Å². The van der Waals surface area contributed by atoms with Gasteiger partial charge in [-0.05, 0) is 24.3 Å². The molecule has 98 valence electrons. The van der Waals surface area contributed by atoms with E-state index in [-0.39, 0.29) is 0 Å². The molecule has 19 heavy (non-hydrogen) atoms. The Kier molecular flexibility index (Phi) is 2.97. The van der Waals surface area contributed by atoms with Crippen molar-refractivity contribution in [2.45, 2.75) is 38.5 Å². The number of nitrogens with two attached hydrogens (primary N) is 1. The zero-order chi connectivity index (χ0) is 13.4. The zero-order valence-electron chi connectivity index (χ0n) is 11.4. The van der Waals surface area contributed by atoms with E-state index in [0.29, 0.717) is 17.7 Å². The molecule has 0 bridgehead atoms. The minimum Gasteiger partial charge on any atom is -0.384 e. The molecule has 0 radical (unpaired) electrons. The highest BCUT2D eigenvalue weighted by atomic mass is 15.0. The first kappa shape index (κ1) is 12.2. The van der Waals surface area contributed by atoms with Gasteiger partial charge >= 0.3 is 0 Å². The van der Waals surface area contributed by atoms with Crippen molar-refractivity contribution in [3.8, 4) is 11.3 Å². The Hall–Kier alpha value is -1.90. The van der Waals surface area contributed by atoms with Crippen molar-refractivity contribution in [1.29, 1.82) is 0 Å². The van der Waals surface area contributed by atoms with Gasteiger partial charge in [-0.3, -0.25) is 0 Å². The average Bonchev–Trinajstić information content (AvgIpc) is 3.22. The Labute approximate surface area is 113 Å². The second-order valence-corrected chi connectivity index (χ2v) is 5.59.